The van der Waals surface area contributed by atoms with Crippen molar-refractivity contribution in [3.63, 3.8) is 0 Å². The molecule has 148 valence electrons. The van der Waals surface area contributed by atoms with Crippen molar-refractivity contribution in [1.29, 1.82) is 0 Å². The highest BCUT2D eigenvalue weighted by molar-refractivity contribution is 5.69. The SMILES string of the molecule is Cn1c(=O)c2c(ncn2CCCN2CCC(c3ccccc3)CC2)n(C)c1=O. The summed E-state index contributed by atoms with van der Waals surface area (Å²) in [5, 5.41) is 0. The number of fused-ring (bicyclic) bond motifs is 1. The van der Waals surface area contributed by atoms with Gasteiger partial charge in [-0.1, -0.05) is 30.3 Å². The molecule has 1 fully saturated rings. The lowest BCUT2D eigenvalue weighted by molar-refractivity contribution is 0.207. The average molecular weight is 381 g/mol. The van der Waals surface area contributed by atoms with E-state index >= 15 is 0 Å². The molecule has 1 saturated heterocycles. The van der Waals surface area contributed by atoms with Gasteiger partial charge >= 0.3 is 5.69 Å². The maximum atomic E-state index is 12.5. The molecular weight excluding hydrogens is 354 g/mol. The predicted molar refractivity (Wildman–Crippen MR) is 110 cm³/mol. The molecule has 0 spiro atoms. The van der Waals surface area contributed by atoms with Crippen molar-refractivity contribution < 1.29 is 0 Å². The Labute approximate surface area is 163 Å². The van der Waals surface area contributed by atoms with E-state index < -0.39 is 0 Å². The van der Waals surface area contributed by atoms with Crippen LogP contribution in [0.25, 0.3) is 11.2 Å². The Morgan fingerprint density at radius 2 is 1.71 bits per heavy atom. The van der Waals surface area contributed by atoms with E-state index in [0.717, 1.165) is 37.2 Å². The molecule has 0 saturated carbocycles. The molecule has 3 aromatic rings. The Kier molecular flexibility index (Phi) is 5.17. The summed E-state index contributed by atoms with van der Waals surface area (Å²) in [6, 6.07) is 10.8. The normalized spacial score (nSPS) is 16.1. The van der Waals surface area contributed by atoms with E-state index in [1.54, 1.807) is 13.4 Å². The van der Waals surface area contributed by atoms with Gasteiger partial charge in [0.15, 0.2) is 11.2 Å². The van der Waals surface area contributed by atoms with Gasteiger partial charge in [-0.3, -0.25) is 13.9 Å². The highest BCUT2D eigenvalue weighted by Gasteiger charge is 2.20. The summed E-state index contributed by atoms with van der Waals surface area (Å²) in [7, 11) is 3.16. The van der Waals surface area contributed by atoms with Crippen LogP contribution in [0.15, 0.2) is 46.2 Å². The van der Waals surface area contributed by atoms with E-state index in [-0.39, 0.29) is 11.2 Å². The van der Waals surface area contributed by atoms with E-state index in [9.17, 15) is 9.59 Å². The second-order valence-electron chi connectivity index (χ2n) is 7.70. The third kappa shape index (κ3) is 3.42. The molecule has 0 atom stereocenters. The van der Waals surface area contributed by atoms with Gasteiger partial charge in [0, 0.05) is 20.6 Å². The van der Waals surface area contributed by atoms with Crippen LogP contribution in [0.2, 0.25) is 0 Å². The summed E-state index contributed by atoms with van der Waals surface area (Å²) < 4.78 is 4.46. The molecule has 28 heavy (non-hydrogen) atoms. The first kappa shape index (κ1) is 18.7. The number of aromatic nitrogens is 4. The molecule has 0 radical (unpaired) electrons. The molecule has 4 rings (SSSR count). The summed E-state index contributed by atoms with van der Waals surface area (Å²) in [5.41, 5.74) is 1.79. The first-order chi connectivity index (χ1) is 13.6. The van der Waals surface area contributed by atoms with Gasteiger partial charge in [-0.05, 0) is 50.4 Å². The standard InChI is InChI=1S/C21H27N5O2/c1-23-19-18(20(27)24(2)21(23)28)26(15-22-19)12-6-11-25-13-9-17(10-14-25)16-7-4-3-5-8-16/h3-5,7-8,15,17H,6,9-14H2,1-2H3. The fraction of sp³-hybridized carbons (Fsp3) is 0.476. The van der Waals surface area contributed by atoms with Gasteiger partial charge in [0.1, 0.15) is 0 Å². The van der Waals surface area contributed by atoms with Crippen molar-refractivity contribution in [2.24, 2.45) is 14.1 Å². The minimum Gasteiger partial charge on any atom is -0.325 e. The number of benzene rings is 1. The van der Waals surface area contributed by atoms with Crippen LogP contribution in [-0.4, -0.2) is 43.2 Å². The van der Waals surface area contributed by atoms with Crippen LogP contribution >= 0.6 is 0 Å². The Morgan fingerprint density at radius 3 is 2.43 bits per heavy atom. The summed E-state index contributed by atoms with van der Waals surface area (Å²) in [5.74, 6) is 0.666. The Bertz CT molecular complexity index is 1070. The highest BCUT2D eigenvalue weighted by Crippen LogP contribution is 2.27. The molecule has 1 aromatic carbocycles. The largest absolute Gasteiger partial charge is 0.332 e. The number of nitrogens with zero attached hydrogens (tertiary/aromatic N) is 5. The molecular formula is C21H27N5O2. The summed E-state index contributed by atoms with van der Waals surface area (Å²) >= 11 is 0. The number of aryl methyl sites for hydroxylation is 2. The number of hydrogen-bond acceptors (Lipinski definition) is 4. The third-order valence-corrected chi connectivity index (χ3v) is 5.95. The zero-order chi connectivity index (χ0) is 19.7. The van der Waals surface area contributed by atoms with E-state index in [1.165, 1.54) is 30.0 Å². The fourth-order valence-corrected chi connectivity index (χ4v) is 4.25. The summed E-state index contributed by atoms with van der Waals surface area (Å²) in [6.45, 7) is 3.96. The summed E-state index contributed by atoms with van der Waals surface area (Å²) in [4.78, 5) is 31.3. The van der Waals surface area contributed by atoms with E-state index in [1.807, 2.05) is 4.57 Å². The van der Waals surface area contributed by atoms with Crippen molar-refractivity contribution in [2.45, 2.75) is 31.7 Å². The molecule has 0 bridgehead atoms. The lowest BCUT2D eigenvalue weighted by Gasteiger charge is -2.32. The topological polar surface area (TPSA) is 65.1 Å². The maximum Gasteiger partial charge on any atom is 0.332 e. The lowest BCUT2D eigenvalue weighted by atomic mass is 9.89. The highest BCUT2D eigenvalue weighted by atomic mass is 16.2. The Hall–Kier alpha value is -2.67. The quantitative estimate of drug-likeness (QED) is 0.675. The molecule has 7 nitrogen and oxygen atoms in total. The third-order valence-electron chi connectivity index (χ3n) is 5.95. The van der Waals surface area contributed by atoms with Crippen LogP contribution in [0.1, 0.15) is 30.7 Å². The average Bonchev–Trinajstić information content (AvgIpc) is 3.16. The summed E-state index contributed by atoms with van der Waals surface area (Å²) in [6.07, 6.45) is 5.02. The zero-order valence-electron chi connectivity index (χ0n) is 16.5. The molecule has 0 N–H and O–H groups in total. The Balaban J connectivity index is 1.36. The monoisotopic (exact) mass is 381 g/mol. The zero-order valence-corrected chi connectivity index (χ0v) is 16.5. The molecule has 3 heterocycles. The fourth-order valence-electron chi connectivity index (χ4n) is 4.25. The van der Waals surface area contributed by atoms with Crippen LogP contribution in [0, 0.1) is 0 Å². The first-order valence-electron chi connectivity index (χ1n) is 9.94. The minimum absolute atomic E-state index is 0.278. The van der Waals surface area contributed by atoms with E-state index in [0.29, 0.717) is 17.1 Å². The molecule has 1 aliphatic rings. The van der Waals surface area contributed by atoms with Gasteiger partial charge in [-0.25, -0.2) is 9.78 Å². The predicted octanol–water partition coefficient (Wildman–Crippen LogP) is 1.70. The number of rotatable bonds is 5. The van der Waals surface area contributed by atoms with Crippen molar-refractivity contribution in [2.75, 3.05) is 19.6 Å². The van der Waals surface area contributed by atoms with Gasteiger partial charge in [0.2, 0.25) is 0 Å². The van der Waals surface area contributed by atoms with E-state index in [4.69, 9.17) is 0 Å². The van der Waals surface area contributed by atoms with Crippen molar-refractivity contribution in [3.8, 4) is 0 Å². The van der Waals surface area contributed by atoms with Crippen molar-refractivity contribution in [1.82, 2.24) is 23.6 Å². The molecule has 0 amide bonds. The van der Waals surface area contributed by atoms with Gasteiger partial charge in [-0.15, -0.1) is 0 Å². The van der Waals surface area contributed by atoms with Gasteiger partial charge in [0.05, 0.1) is 6.33 Å². The molecule has 0 aliphatic carbocycles. The smallest absolute Gasteiger partial charge is 0.325 e. The molecule has 1 aliphatic heterocycles. The van der Waals surface area contributed by atoms with Crippen LogP contribution in [0.4, 0.5) is 0 Å². The maximum absolute atomic E-state index is 12.5. The van der Waals surface area contributed by atoms with Gasteiger partial charge in [-0.2, -0.15) is 0 Å². The molecule has 0 unspecified atom stereocenters. The molecule has 7 heteroatoms. The van der Waals surface area contributed by atoms with Gasteiger partial charge in [0.25, 0.3) is 5.56 Å². The number of likely N-dealkylation sites (tertiary alicyclic amines) is 1. The van der Waals surface area contributed by atoms with Crippen LogP contribution in [-0.2, 0) is 20.6 Å². The Morgan fingerprint density at radius 1 is 1.00 bits per heavy atom. The van der Waals surface area contributed by atoms with Crippen molar-refractivity contribution >= 4 is 11.2 Å². The number of hydrogen-bond donors (Lipinski definition) is 0. The number of imidazole rings is 1. The van der Waals surface area contributed by atoms with E-state index in [2.05, 4.69) is 40.2 Å². The second kappa shape index (κ2) is 7.75. The lowest BCUT2D eigenvalue weighted by Crippen LogP contribution is -2.37. The number of piperidine rings is 1. The van der Waals surface area contributed by atoms with Gasteiger partial charge < -0.3 is 9.47 Å². The van der Waals surface area contributed by atoms with Crippen LogP contribution < -0.4 is 11.2 Å². The second-order valence-corrected chi connectivity index (χ2v) is 7.70. The van der Waals surface area contributed by atoms with Crippen LogP contribution in [0.3, 0.4) is 0 Å². The van der Waals surface area contributed by atoms with Crippen molar-refractivity contribution in [3.05, 3.63) is 63.1 Å². The van der Waals surface area contributed by atoms with Crippen LogP contribution in [0.5, 0.6) is 0 Å². The minimum atomic E-state index is -0.343. The molecule has 2 aromatic heterocycles. The first-order valence-corrected chi connectivity index (χ1v) is 9.94.